The van der Waals surface area contributed by atoms with Crippen molar-refractivity contribution in [1.82, 2.24) is 14.9 Å². The molecule has 8 heteroatoms. The van der Waals surface area contributed by atoms with E-state index in [1.54, 1.807) is 24.0 Å². The SMILES string of the molecule is Cc1ccc(C)c(NS(=O)(=O)c2cnoc2-c2cnn(C)c2C)c1. The fourth-order valence-electron chi connectivity index (χ4n) is 2.37. The summed E-state index contributed by atoms with van der Waals surface area (Å²) in [6.45, 7) is 5.58. The second kappa shape index (κ2) is 5.79. The maximum absolute atomic E-state index is 12.8. The summed E-state index contributed by atoms with van der Waals surface area (Å²) in [5, 5.41) is 7.78. The zero-order valence-electron chi connectivity index (χ0n) is 13.9. The molecule has 0 saturated carbocycles. The highest BCUT2D eigenvalue weighted by atomic mass is 32.2. The number of sulfonamides is 1. The summed E-state index contributed by atoms with van der Waals surface area (Å²) in [5.41, 5.74) is 3.71. The smallest absolute Gasteiger partial charge is 0.267 e. The van der Waals surface area contributed by atoms with Crippen LogP contribution in [0, 0.1) is 20.8 Å². The molecule has 1 N–H and O–H groups in total. The zero-order chi connectivity index (χ0) is 17.5. The molecule has 0 fully saturated rings. The molecule has 0 radical (unpaired) electrons. The molecule has 2 aromatic heterocycles. The summed E-state index contributed by atoms with van der Waals surface area (Å²) in [6.07, 6.45) is 2.77. The molecule has 0 bridgehead atoms. The van der Waals surface area contributed by atoms with Gasteiger partial charge in [-0.1, -0.05) is 17.3 Å². The number of aromatic nitrogens is 3. The Labute approximate surface area is 140 Å². The first-order chi connectivity index (χ1) is 11.3. The highest BCUT2D eigenvalue weighted by Gasteiger charge is 2.26. The Morgan fingerprint density at radius 3 is 2.58 bits per heavy atom. The lowest BCUT2D eigenvalue weighted by molar-refractivity contribution is 0.430. The van der Waals surface area contributed by atoms with E-state index in [0.29, 0.717) is 11.3 Å². The molecule has 1 aromatic carbocycles. The highest BCUT2D eigenvalue weighted by molar-refractivity contribution is 7.92. The number of nitrogens with one attached hydrogen (secondary N) is 1. The number of hydrogen-bond acceptors (Lipinski definition) is 5. The first kappa shape index (κ1) is 16.3. The lowest BCUT2D eigenvalue weighted by atomic mass is 10.1. The van der Waals surface area contributed by atoms with E-state index in [9.17, 15) is 8.42 Å². The number of aryl methyl sites for hydroxylation is 3. The van der Waals surface area contributed by atoms with E-state index in [4.69, 9.17) is 4.52 Å². The van der Waals surface area contributed by atoms with Crippen LogP contribution in [-0.4, -0.2) is 23.4 Å². The fourth-order valence-corrected chi connectivity index (χ4v) is 3.56. The lowest BCUT2D eigenvalue weighted by Gasteiger charge is -2.10. The van der Waals surface area contributed by atoms with Crippen molar-refractivity contribution in [2.75, 3.05) is 4.72 Å². The van der Waals surface area contributed by atoms with Gasteiger partial charge in [0, 0.05) is 12.7 Å². The molecule has 0 atom stereocenters. The number of rotatable bonds is 4. The van der Waals surface area contributed by atoms with Gasteiger partial charge in [-0.15, -0.1) is 0 Å². The van der Waals surface area contributed by atoms with Crippen LogP contribution < -0.4 is 4.72 Å². The third-order valence-electron chi connectivity index (χ3n) is 3.94. The van der Waals surface area contributed by atoms with Crippen molar-refractivity contribution in [3.8, 4) is 11.3 Å². The van der Waals surface area contributed by atoms with Crippen LogP contribution >= 0.6 is 0 Å². The van der Waals surface area contributed by atoms with E-state index in [2.05, 4.69) is 15.0 Å². The van der Waals surface area contributed by atoms with Crippen LogP contribution in [0.1, 0.15) is 16.8 Å². The molecule has 24 heavy (non-hydrogen) atoms. The van der Waals surface area contributed by atoms with Gasteiger partial charge in [0.05, 0.1) is 23.6 Å². The standard InChI is InChI=1S/C16H18N4O3S/c1-10-5-6-11(2)14(7-10)19-24(21,22)15-9-18-23-16(15)13-8-17-20(4)12(13)3/h5-9,19H,1-4H3. The van der Waals surface area contributed by atoms with Crippen LogP contribution in [0.2, 0.25) is 0 Å². The van der Waals surface area contributed by atoms with Crippen LogP contribution in [-0.2, 0) is 17.1 Å². The van der Waals surface area contributed by atoms with Crippen molar-refractivity contribution in [2.24, 2.45) is 7.05 Å². The minimum atomic E-state index is -3.84. The molecular weight excluding hydrogens is 328 g/mol. The average Bonchev–Trinajstić information content (AvgIpc) is 3.11. The molecule has 0 aliphatic carbocycles. The van der Waals surface area contributed by atoms with Crippen molar-refractivity contribution in [3.05, 3.63) is 47.4 Å². The van der Waals surface area contributed by atoms with E-state index < -0.39 is 10.0 Å². The number of anilines is 1. The third-order valence-corrected chi connectivity index (χ3v) is 5.30. The predicted molar refractivity (Wildman–Crippen MR) is 90.2 cm³/mol. The summed E-state index contributed by atoms with van der Waals surface area (Å²) in [6, 6.07) is 5.58. The van der Waals surface area contributed by atoms with Crippen LogP contribution in [0.15, 0.2) is 40.0 Å². The Morgan fingerprint density at radius 2 is 1.92 bits per heavy atom. The lowest BCUT2D eigenvalue weighted by Crippen LogP contribution is -2.14. The fraction of sp³-hybridized carbons (Fsp3) is 0.250. The zero-order valence-corrected chi connectivity index (χ0v) is 14.7. The van der Waals surface area contributed by atoms with Gasteiger partial charge in [-0.2, -0.15) is 5.10 Å². The minimum Gasteiger partial charge on any atom is -0.355 e. The van der Waals surface area contributed by atoms with Gasteiger partial charge in [0.1, 0.15) is 0 Å². The quantitative estimate of drug-likeness (QED) is 0.784. The van der Waals surface area contributed by atoms with Crippen LogP contribution in [0.5, 0.6) is 0 Å². The van der Waals surface area contributed by atoms with Crippen molar-refractivity contribution >= 4 is 15.7 Å². The summed E-state index contributed by atoms with van der Waals surface area (Å²) in [5.74, 6) is 0.179. The molecule has 0 spiro atoms. The molecule has 3 rings (SSSR count). The van der Waals surface area contributed by atoms with E-state index in [0.717, 1.165) is 16.8 Å². The van der Waals surface area contributed by atoms with E-state index >= 15 is 0 Å². The van der Waals surface area contributed by atoms with Crippen LogP contribution in [0.3, 0.4) is 0 Å². The van der Waals surface area contributed by atoms with Gasteiger partial charge in [0.15, 0.2) is 10.7 Å². The maximum atomic E-state index is 12.8. The second-order valence-electron chi connectivity index (χ2n) is 5.71. The molecule has 2 heterocycles. The van der Waals surface area contributed by atoms with E-state index in [-0.39, 0.29) is 10.7 Å². The second-order valence-corrected chi connectivity index (χ2v) is 7.36. The normalized spacial score (nSPS) is 11.7. The maximum Gasteiger partial charge on any atom is 0.267 e. The summed E-state index contributed by atoms with van der Waals surface area (Å²) in [7, 11) is -2.06. The highest BCUT2D eigenvalue weighted by Crippen LogP contribution is 2.31. The van der Waals surface area contributed by atoms with Gasteiger partial charge < -0.3 is 4.52 Å². The van der Waals surface area contributed by atoms with Gasteiger partial charge in [0.2, 0.25) is 0 Å². The van der Waals surface area contributed by atoms with Crippen LogP contribution in [0.4, 0.5) is 5.69 Å². The monoisotopic (exact) mass is 346 g/mol. The average molecular weight is 346 g/mol. The van der Waals surface area contributed by atoms with Gasteiger partial charge in [-0.05, 0) is 38.0 Å². The molecule has 7 nitrogen and oxygen atoms in total. The van der Waals surface area contributed by atoms with Gasteiger partial charge in [0.25, 0.3) is 10.0 Å². The third kappa shape index (κ3) is 2.80. The topological polar surface area (TPSA) is 90.0 Å². The van der Waals surface area contributed by atoms with Crippen molar-refractivity contribution < 1.29 is 12.9 Å². The molecule has 3 aromatic rings. The first-order valence-electron chi connectivity index (χ1n) is 7.33. The first-order valence-corrected chi connectivity index (χ1v) is 8.81. The van der Waals surface area contributed by atoms with Crippen molar-refractivity contribution in [2.45, 2.75) is 25.7 Å². The Balaban J connectivity index is 2.04. The Morgan fingerprint density at radius 1 is 1.17 bits per heavy atom. The molecule has 0 saturated heterocycles. The molecular formula is C16H18N4O3S. The van der Waals surface area contributed by atoms with Gasteiger partial charge in [-0.3, -0.25) is 9.40 Å². The molecule has 126 valence electrons. The Kier molecular flexibility index (Phi) is 3.92. The Hall–Kier alpha value is -2.61. The van der Waals surface area contributed by atoms with Crippen LogP contribution in [0.25, 0.3) is 11.3 Å². The molecule has 0 aliphatic heterocycles. The van der Waals surface area contributed by atoms with Crippen molar-refractivity contribution in [1.29, 1.82) is 0 Å². The largest absolute Gasteiger partial charge is 0.355 e. The minimum absolute atomic E-state index is 0.0143. The molecule has 0 unspecified atom stereocenters. The van der Waals surface area contributed by atoms with Crippen molar-refractivity contribution in [3.63, 3.8) is 0 Å². The van der Waals surface area contributed by atoms with E-state index in [1.165, 1.54) is 6.20 Å². The molecule has 0 amide bonds. The number of benzene rings is 1. The summed E-state index contributed by atoms with van der Waals surface area (Å²) >= 11 is 0. The van der Waals surface area contributed by atoms with Gasteiger partial charge >= 0.3 is 0 Å². The predicted octanol–water partition coefficient (Wildman–Crippen LogP) is 2.80. The molecule has 0 aliphatic rings. The van der Waals surface area contributed by atoms with Gasteiger partial charge in [-0.25, -0.2) is 8.42 Å². The number of hydrogen-bond donors (Lipinski definition) is 1. The number of nitrogens with zero attached hydrogens (tertiary/aromatic N) is 3. The summed E-state index contributed by atoms with van der Waals surface area (Å²) in [4.78, 5) is -0.0143. The summed E-state index contributed by atoms with van der Waals surface area (Å²) < 4.78 is 35.1. The Bertz CT molecular complexity index is 1000. The van der Waals surface area contributed by atoms with E-state index in [1.807, 2.05) is 32.9 Å².